The monoisotopic (exact) mass is 468 g/mol. The fraction of sp³-hybridized carbons (Fsp3) is 0.0741. The third kappa shape index (κ3) is 4.67. The number of carbonyl (C=O) groups is 3. The Balaban J connectivity index is 1.39. The maximum atomic E-state index is 13.2. The third-order valence-electron chi connectivity index (χ3n) is 5.71. The first kappa shape index (κ1) is 22.1. The van der Waals surface area contributed by atoms with E-state index >= 15 is 0 Å². The molecule has 0 spiro atoms. The SMILES string of the molecule is O=C(Cn1cc(C=C2NC(=O)N(Cc3ccc(F)cc3)C2=O)c2ccccc21)Nc1ccccc1. The quantitative estimate of drug-likeness (QED) is 0.323. The second kappa shape index (κ2) is 9.26. The molecule has 1 saturated heterocycles. The Labute approximate surface area is 200 Å². The Bertz CT molecular complexity index is 1460. The van der Waals surface area contributed by atoms with Crippen molar-refractivity contribution in [3.05, 3.63) is 108 Å². The van der Waals surface area contributed by atoms with Crippen LogP contribution in [0, 0.1) is 5.82 Å². The summed E-state index contributed by atoms with van der Waals surface area (Å²) in [4.78, 5) is 39.1. The Hall–Kier alpha value is -4.72. The van der Waals surface area contributed by atoms with Gasteiger partial charge in [0.1, 0.15) is 18.1 Å². The molecule has 35 heavy (non-hydrogen) atoms. The van der Waals surface area contributed by atoms with E-state index in [0.717, 1.165) is 15.8 Å². The number of anilines is 1. The highest BCUT2D eigenvalue weighted by Gasteiger charge is 2.33. The molecule has 0 saturated carbocycles. The van der Waals surface area contributed by atoms with Crippen molar-refractivity contribution in [2.75, 3.05) is 5.32 Å². The Morgan fingerprint density at radius 3 is 2.43 bits per heavy atom. The predicted octanol–water partition coefficient (Wildman–Crippen LogP) is 4.51. The first-order chi connectivity index (χ1) is 17.0. The van der Waals surface area contributed by atoms with Crippen molar-refractivity contribution in [1.82, 2.24) is 14.8 Å². The lowest BCUT2D eigenvalue weighted by Crippen LogP contribution is -2.30. The molecule has 4 aromatic rings. The number of nitrogens with one attached hydrogen (secondary N) is 2. The van der Waals surface area contributed by atoms with E-state index in [4.69, 9.17) is 0 Å². The van der Waals surface area contributed by atoms with Gasteiger partial charge in [0, 0.05) is 28.4 Å². The zero-order chi connectivity index (χ0) is 24.4. The van der Waals surface area contributed by atoms with Crippen LogP contribution in [0.5, 0.6) is 0 Å². The predicted molar refractivity (Wildman–Crippen MR) is 130 cm³/mol. The molecular formula is C27H21FN4O3. The van der Waals surface area contributed by atoms with Gasteiger partial charge in [0.25, 0.3) is 5.91 Å². The minimum Gasteiger partial charge on any atom is -0.337 e. The average molecular weight is 468 g/mol. The molecule has 7 nitrogen and oxygen atoms in total. The summed E-state index contributed by atoms with van der Waals surface area (Å²) < 4.78 is 15.0. The van der Waals surface area contributed by atoms with Gasteiger partial charge in [-0.05, 0) is 42.0 Å². The van der Waals surface area contributed by atoms with Crippen LogP contribution in [0.1, 0.15) is 11.1 Å². The fourth-order valence-corrected chi connectivity index (χ4v) is 4.04. The Morgan fingerprint density at radius 2 is 1.66 bits per heavy atom. The number of nitrogens with zero attached hydrogens (tertiary/aromatic N) is 2. The molecule has 0 unspecified atom stereocenters. The van der Waals surface area contributed by atoms with Gasteiger partial charge in [-0.1, -0.05) is 48.5 Å². The maximum absolute atomic E-state index is 13.2. The molecule has 2 N–H and O–H groups in total. The largest absolute Gasteiger partial charge is 0.337 e. The molecule has 8 heteroatoms. The van der Waals surface area contributed by atoms with Crippen molar-refractivity contribution in [3.8, 4) is 0 Å². The fourth-order valence-electron chi connectivity index (χ4n) is 4.04. The normalized spacial score (nSPS) is 14.5. The van der Waals surface area contributed by atoms with Gasteiger partial charge >= 0.3 is 6.03 Å². The molecular weight excluding hydrogens is 447 g/mol. The number of carbonyl (C=O) groups excluding carboxylic acids is 3. The Kier molecular flexibility index (Phi) is 5.85. The molecule has 0 aliphatic carbocycles. The van der Waals surface area contributed by atoms with Crippen LogP contribution in [-0.2, 0) is 22.7 Å². The number of para-hydroxylation sites is 2. The van der Waals surface area contributed by atoms with Crippen LogP contribution in [0.4, 0.5) is 14.9 Å². The van der Waals surface area contributed by atoms with Crippen LogP contribution >= 0.6 is 0 Å². The van der Waals surface area contributed by atoms with Crippen molar-refractivity contribution in [2.24, 2.45) is 0 Å². The standard InChI is InChI=1S/C27H21FN4O3/c28-20-12-10-18(11-13-20)15-32-26(34)23(30-27(32)35)14-19-16-31(24-9-5-4-8-22(19)24)17-25(33)29-21-6-2-1-3-7-21/h1-14,16H,15,17H2,(H,29,33)(H,30,35). The summed E-state index contributed by atoms with van der Waals surface area (Å²) >= 11 is 0. The molecule has 3 aromatic carbocycles. The maximum Gasteiger partial charge on any atom is 0.329 e. The third-order valence-corrected chi connectivity index (χ3v) is 5.71. The van der Waals surface area contributed by atoms with Crippen LogP contribution in [-0.4, -0.2) is 27.3 Å². The van der Waals surface area contributed by atoms with Gasteiger partial charge in [-0.3, -0.25) is 14.5 Å². The number of imide groups is 1. The average Bonchev–Trinajstić information content (AvgIpc) is 3.33. The zero-order valence-corrected chi connectivity index (χ0v) is 18.6. The first-order valence-corrected chi connectivity index (χ1v) is 11.0. The molecule has 1 aliphatic rings. The minimum atomic E-state index is -0.545. The van der Waals surface area contributed by atoms with Gasteiger partial charge in [-0.25, -0.2) is 9.18 Å². The van der Waals surface area contributed by atoms with E-state index in [1.807, 2.05) is 54.6 Å². The van der Waals surface area contributed by atoms with Crippen LogP contribution in [0.3, 0.4) is 0 Å². The topological polar surface area (TPSA) is 83.4 Å². The van der Waals surface area contributed by atoms with E-state index in [9.17, 15) is 18.8 Å². The summed E-state index contributed by atoms with van der Waals surface area (Å²) in [7, 11) is 0. The number of rotatable bonds is 6. The van der Waals surface area contributed by atoms with Crippen molar-refractivity contribution in [3.63, 3.8) is 0 Å². The highest BCUT2D eigenvalue weighted by Crippen LogP contribution is 2.25. The number of amides is 4. The number of fused-ring (bicyclic) bond motifs is 1. The lowest BCUT2D eigenvalue weighted by atomic mass is 10.1. The highest BCUT2D eigenvalue weighted by molar-refractivity contribution is 6.14. The molecule has 1 fully saturated rings. The van der Waals surface area contributed by atoms with Crippen molar-refractivity contribution in [2.45, 2.75) is 13.1 Å². The molecule has 4 amide bonds. The van der Waals surface area contributed by atoms with Gasteiger partial charge in [0.05, 0.1) is 6.54 Å². The van der Waals surface area contributed by atoms with Gasteiger partial charge in [-0.2, -0.15) is 0 Å². The summed E-state index contributed by atoms with van der Waals surface area (Å²) in [5.74, 6) is -1.05. The molecule has 0 atom stereocenters. The van der Waals surface area contributed by atoms with E-state index < -0.39 is 11.9 Å². The molecule has 0 radical (unpaired) electrons. The van der Waals surface area contributed by atoms with Gasteiger partial charge < -0.3 is 15.2 Å². The van der Waals surface area contributed by atoms with Gasteiger partial charge in [0.2, 0.25) is 5.91 Å². The van der Waals surface area contributed by atoms with Crippen molar-refractivity contribution in [1.29, 1.82) is 0 Å². The highest BCUT2D eigenvalue weighted by atomic mass is 19.1. The number of benzene rings is 3. The van der Waals surface area contributed by atoms with Gasteiger partial charge in [0.15, 0.2) is 0 Å². The number of urea groups is 1. The smallest absolute Gasteiger partial charge is 0.329 e. The van der Waals surface area contributed by atoms with E-state index in [0.29, 0.717) is 16.8 Å². The van der Waals surface area contributed by atoms with Gasteiger partial charge in [-0.15, -0.1) is 0 Å². The van der Waals surface area contributed by atoms with Crippen LogP contribution in [0.25, 0.3) is 17.0 Å². The molecule has 2 heterocycles. The van der Waals surface area contributed by atoms with E-state index in [2.05, 4.69) is 10.6 Å². The van der Waals surface area contributed by atoms with E-state index in [-0.39, 0.29) is 30.5 Å². The van der Waals surface area contributed by atoms with E-state index in [1.54, 1.807) is 16.8 Å². The first-order valence-electron chi connectivity index (χ1n) is 11.0. The molecule has 5 rings (SSSR count). The van der Waals surface area contributed by atoms with Crippen LogP contribution in [0.2, 0.25) is 0 Å². The number of hydrogen-bond acceptors (Lipinski definition) is 3. The van der Waals surface area contributed by atoms with Crippen molar-refractivity contribution < 1.29 is 18.8 Å². The summed E-state index contributed by atoms with van der Waals surface area (Å²) in [5, 5.41) is 6.32. The molecule has 0 bridgehead atoms. The molecule has 1 aromatic heterocycles. The summed E-state index contributed by atoms with van der Waals surface area (Å²) in [6.07, 6.45) is 3.39. The lowest BCUT2D eigenvalue weighted by molar-refractivity contribution is -0.123. The number of halogens is 1. The number of hydrogen-bond donors (Lipinski definition) is 2. The minimum absolute atomic E-state index is 0.0315. The second-order valence-corrected chi connectivity index (χ2v) is 8.15. The second-order valence-electron chi connectivity index (χ2n) is 8.15. The lowest BCUT2D eigenvalue weighted by Gasteiger charge is -2.11. The zero-order valence-electron chi connectivity index (χ0n) is 18.6. The summed E-state index contributed by atoms with van der Waals surface area (Å²) in [6.45, 7) is 0.110. The van der Waals surface area contributed by atoms with Crippen molar-refractivity contribution >= 4 is 40.5 Å². The Morgan fingerprint density at radius 1 is 0.943 bits per heavy atom. The summed E-state index contributed by atoms with van der Waals surface area (Å²) in [5.41, 5.74) is 2.99. The van der Waals surface area contributed by atoms with E-state index in [1.165, 1.54) is 24.3 Å². The van der Waals surface area contributed by atoms with Crippen LogP contribution < -0.4 is 10.6 Å². The number of aromatic nitrogens is 1. The molecule has 1 aliphatic heterocycles. The van der Waals surface area contributed by atoms with Crippen LogP contribution in [0.15, 0.2) is 90.8 Å². The summed E-state index contributed by atoms with van der Waals surface area (Å²) in [6, 6.07) is 21.8. The molecule has 174 valence electrons.